The molecule has 0 fully saturated rings. The van der Waals surface area contributed by atoms with E-state index in [1.807, 2.05) is 6.07 Å². The molecule has 0 aromatic heterocycles. The van der Waals surface area contributed by atoms with Crippen molar-refractivity contribution in [2.45, 2.75) is 6.42 Å². The second-order valence-electron chi connectivity index (χ2n) is 2.52. The number of benzene rings is 1. The summed E-state index contributed by atoms with van der Waals surface area (Å²) in [5, 5.41) is 0. The third-order valence-electron chi connectivity index (χ3n) is 1.31. The predicted octanol–water partition coefficient (Wildman–Crippen LogP) is 3.47. The molecule has 0 heterocycles. The summed E-state index contributed by atoms with van der Waals surface area (Å²) in [6.07, 6.45) is 1.10. The van der Waals surface area contributed by atoms with Crippen molar-refractivity contribution >= 4 is 59.5 Å². The molecular weight excluding hydrogens is 637 g/mol. The fourth-order valence-corrected chi connectivity index (χ4v) is 0.849. The smallest absolute Gasteiger partial charge is 0.0780 e. The molecule has 0 saturated heterocycles. The van der Waals surface area contributed by atoms with Gasteiger partial charge in [-0.3, -0.25) is 0 Å². The summed E-state index contributed by atoms with van der Waals surface area (Å²) in [5.74, 6) is 0. The summed E-state index contributed by atoms with van der Waals surface area (Å²) >= 11 is 11.4. The van der Waals surface area contributed by atoms with Crippen LogP contribution in [-0.4, -0.2) is 18.1 Å². The topological polar surface area (TPSA) is 27.6 Å². The Morgan fingerprint density at radius 1 is 1.00 bits per heavy atom. The summed E-state index contributed by atoms with van der Waals surface area (Å²) in [7, 11) is 0. The third-order valence-corrected chi connectivity index (χ3v) is 1.31. The molecule has 6 heteroatoms. The quantitative estimate of drug-likeness (QED) is 0.476. The van der Waals surface area contributed by atoms with E-state index in [0.717, 1.165) is 13.0 Å². The Kier molecular flexibility index (Phi) is 10.4. The van der Waals surface area contributed by atoms with Gasteiger partial charge in [-0.2, -0.15) is 0 Å². The Morgan fingerprint density at radius 2 is 1.43 bits per heavy atom. The Bertz CT molecular complexity index is 231. The van der Waals surface area contributed by atoms with Crippen LogP contribution in [0.15, 0.2) is 30.3 Å². The average Bonchev–Trinajstić information content (AvgIpc) is 2.03. The van der Waals surface area contributed by atoms with Gasteiger partial charge in [0, 0.05) is 6.42 Å². The van der Waals surface area contributed by atoms with Gasteiger partial charge in [0.2, 0.25) is 0 Å². The van der Waals surface area contributed by atoms with E-state index in [9.17, 15) is 0 Å². The van der Waals surface area contributed by atoms with Gasteiger partial charge in [-0.15, -0.1) is 0 Å². The van der Waals surface area contributed by atoms with Crippen molar-refractivity contribution in [1.82, 2.24) is 0 Å². The van der Waals surface area contributed by atoms with Crippen molar-refractivity contribution in [3.63, 3.8) is 0 Å². The van der Waals surface area contributed by atoms with E-state index >= 15 is 0 Å². The normalized spacial score (nSPS) is 10.4. The minimum Gasteiger partial charge on any atom is -0.357 e. The van der Waals surface area contributed by atoms with Crippen molar-refractivity contribution in [3.8, 4) is 0 Å². The average molecular weight is 649 g/mol. The molecule has 0 aliphatic heterocycles. The van der Waals surface area contributed by atoms with Crippen molar-refractivity contribution in [2.75, 3.05) is 6.54 Å². The van der Waals surface area contributed by atoms with Crippen molar-refractivity contribution in [3.05, 3.63) is 35.9 Å². The molecule has 0 amide bonds. The first kappa shape index (κ1) is 16.0. The molecule has 1 nitrogen and oxygen atoms in total. The zero-order valence-electron chi connectivity index (χ0n) is 7.52. The molecule has 14 heavy (non-hydrogen) atoms. The second kappa shape index (κ2) is 9.09. The summed E-state index contributed by atoms with van der Waals surface area (Å²) in [6, 6.07) is 10.4. The summed E-state index contributed by atoms with van der Waals surface area (Å²) in [6.45, 7) is 0.990. The first-order chi connectivity index (χ1) is 6.43. The Balaban J connectivity index is 0.000000292. The van der Waals surface area contributed by atoms with E-state index in [-0.39, 0.29) is 0 Å². The maximum Gasteiger partial charge on any atom is 0.0780 e. The molecule has 0 atom stereocenters. The molecule has 1 aromatic carbocycles. The van der Waals surface area contributed by atoms with Crippen LogP contribution in [0.25, 0.3) is 0 Å². The first-order valence-electron chi connectivity index (χ1n) is 4.02. The number of quaternary nitrogens is 1. The largest absolute Gasteiger partial charge is 0.357 e. The molecule has 3 N–H and O–H groups in total. The maximum absolute atomic E-state index is 3.78. The van der Waals surface area contributed by atoms with Gasteiger partial charge in [0.1, 0.15) is 0 Å². The van der Waals surface area contributed by atoms with E-state index in [1.54, 1.807) is 0 Å². The van der Waals surface area contributed by atoms with Crippen molar-refractivity contribution in [2.24, 2.45) is 0 Å². The van der Waals surface area contributed by atoms with Crippen LogP contribution in [0.2, 0.25) is 0 Å². The van der Waals surface area contributed by atoms with Crippen LogP contribution in [0.5, 0.6) is 0 Å². The van der Waals surface area contributed by atoms with Crippen LogP contribution in [0.3, 0.4) is 0 Å². The molecule has 80 valence electrons. The van der Waals surface area contributed by atoms with Gasteiger partial charge in [-0.05, 0) is 5.56 Å². The molecule has 0 bridgehead atoms. The summed E-state index contributed by atoms with van der Waals surface area (Å²) in [4.78, 5) is 0. The molecule has 0 spiro atoms. The van der Waals surface area contributed by atoms with Gasteiger partial charge in [-0.1, -0.05) is 30.3 Å². The van der Waals surface area contributed by atoms with Crippen LogP contribution < -0.4 is 5.73 Å². The fraction of sp³-hybridized carbons (Fsp3) is 0.250. The van der Waals surface area contributed by atoms with Crippen LogP contribution >= 0.6 is 47.9 Å². The van der Waals surface area contributed by atoms with Gasteiger partial charge in [0.05, 0.1) is 6.54 Å². The Labute approximate surface area is 112 Å². The molecule has 0 radical (unpaired) electrons. The minimum atomic E-state index is -2.03. The van der Waals surface area contributed by atoms with Crippen molar-refractivity contribution < 1.29 is 5.73 Å². The van der Waals surface area contributed by atoms with E-state index in [0.29, 0.717) is 0 Å². The standard InChI is InChI=1S/C8H11N.4BrH.Pb/c9-7-6-8-4-2-1-3-5-8;;;;;/h1-5H,6-7,9H2;4*1H;/q;;;;;+4/p-3. The molecule has 1 aromatic rings. The second-order valence-corrected chi connectivity index (χ2v) is 104. The summed E-state index contributed by atoms with van der Waals surface area (Å²) < 4.78 is 0. The number of halogens is 4. The Hall–Kier alpha value is 2.02. The molecular formula is C8H12Br4NPb+. The molecule has 0 aliphatic carbocycles. The van der Waals surface area contributed by atoms with Gasteiger partial charge in [-0.25, -0.2) is 0 Å². The van der Waals surface area contributed by atoms with E-state index in [2.05, 4.69) is 77.9 Å². The van der Waals surface area contributed by atoms with Crippen molar-refractivity contribution in [1.29, 1.82) is 0 Å². The predicted molar refractivity (Wildman–Crippen MR) is 79.4 cm³/mol. The number of rotatable bonds is 2. The number of hydrogen-bond donors (Lipinski definition) is 1. The van der Waals surface area contributed by atoms with E-state index in [1.165, 1.54) is 5.56 Å². The van der Waals surface area contributed by atoms with Gasteiger partial charge in [0.25, 0.3) is 0 Å². The zero-order valence-corrected chi connectivity index (χ0v) is 17.8. The molecule has 0 unspecified atom stereocenters. The van der Waals surface area contributed by atoms with Crippen LogP contribution in [-0.2, 0) is 6.42 Å². The van der Waals surface area contributed by atoms with Crippen LogP contribution in [0.1, 0.15) is 5.56 Å². The van der Waals surface area contributed by atoms with Crippen LogP contribution in [0.4, 0.5) is 0 Å². The SMILES string of the molecule is [Br][Pb]([Br])([Br])[Br].[NH3+]CCc1ccccc1. The monoisotopic (exact) mass is 646 g/mol. The van der Waals surface area contributed by atoms with Crippen LogP contribution in [0, 0.1) is 0 Å². The fourth-order valence-electron chi connectivity index (χ4n) is 0.849. The van der Waals surface area contributed by atoms with Gasteiger partial charge in [0.15, 0.2) is 0 Å². The van der Waals surface area contributed by atoms with Gasteiger partial charge >= 0.3 is 59.5 Å². The zero-order chi connectivity index (χ0) is 11.0. The maximum atomic E-state index is 3.78. The van der Waals surface area contributed by atoms with E-state index in [4.69, 9.17) is 0 Å². The number of hydrogen-bond acceptors (Lipinski definition) is 0. The van der Waals surface area contributed by atoms with Gasteiger partial charge < -0.3 is 5.73 Å². The van der Waals surface area contributed by atoms with E-state index < -0.39 is 11.5 Å². The third kappa shape index (κ3) is 14.0. The minimum absolute atomic E-state index is 0.990. The molecule has 0 aliphatic rings. The summed E-state index contributed by atoms with van der Waals surface area (Å²) in [5.41, 5.74) is 5.16. The Morgan fingerprint density at radius 3 is 1.79 bits per heavy atom. The molecule has 1 rings (SSSR count). The molecule has 0 saturated carbocycles. The first-order valence-corrected chi connectivity index (χ1v) is 37.7.